The molecule has 0 unspecified atom stereocenters. The molecular weight excluding hydrogens is 368 g/mol. The van der Waals surface area contributed by atoms with E-state index in [9.17, 15) is 0 Å². The molecule has 3 rings (SSSR count). The molecule has 0 fully saturated rings. The molecule has 7 nitrogen and oxygen atoms in total. The smallest absolute Gasteiger partial charge is 0.225 e. The third-order valence-corrected chi connectivity index (χ3v) is 4.22. The summed E-state index contributed by atoms with van der Waals surface area (Å²) in [6.07, 6.45) is 0. The van der Waals surface area contributed by atoms with Crippen molar-refractivity contribution in [1.82, 2.24) is 9.97 Å². The second kappa shape index (κ2) is 10.2. The number of para-hydroxylation sites is 1. The van der Waals surface area contributed by atoms with Gasteiger partial charge in [0.15, 0.2) is 0 Å². The summed E-state index contributed by atoms with van der Waals surface area (Å²) in [6.45, 7) is 3.65. The first-order valence-electron chi connectivity index (χ1n) is 9.40. The Hall–Kier alpha value is -3.48. The van der Waals surface area contributed by atoms with Crippen LogP contribution in [0.3, 0.4) is 0 Å². The summed E-state index contributed by atoms with van der Waals surface area (Å²) in [6, 6.07) is 17.3. The van der Waals surface area contributed by atoms with Gasteiger partial charge in [0.2, 0.25) is 5.95 Å². The fourth-order valence-corrected chi connectivity index (χ4v) is 2.78. The van der Waals surface area contributed by atoms with Crippen molar-refractivity contribution < 1.29 is 14.2 Å². The highest BCUT2D eigenvalue weighted by Crippen LogP contribution is 2.19. The van der Waals surface area contributed by atoms with E-state index in [-0.39, 0.29) is 0 Å². The summed E-state index contributed by atoms with van der Waals surface area (Å²) >= 11 is 0. The van der Waals surface area contributed by atoms with Crippen molar-refractivity contribution in [2.75, 3.05) is 38.0 Å². The lowest BCUT2D eigenvalue weighted by molar-refractivity contribution is 0.331. The Morgan fingerprint density at radius 2 is 1.62 bits per heavy atom. The van der Waals surface area contributed by atoms with E-state index in [2.05, 4.69) is 20.6 Å². The third-order valence-electron chi connectivity index (χ3n) is 4.22. The second-order valence-electron chi connectivity index (χ2n) is 6.33. The minimum Gasteiger partial charge on any atom is -0.497 e. The Morgan fingerprint density at radius 3 is 2.38 bits per heavy atom. The summed E-state index contributed by atoms with van der Waals surface area (Å²) < 4.78 is 16.3. The zero-order chi connectivity index (χ0) is 20.5. The van der Waals surface area contributed by atoms with Gasteiger partial charge in [0.05, 0.1) is 20.8 Å². The molecule has 2 aromatic carbocycles. The van der Waals surface area contributed by atoms with Crippen molar-refractivity contribution in [3.63, 3.8) is 0 Å². The molecule has 0 bridgehead atoms. The van der Waals surface area contributed by atoms with Crippen LogP contribution >= 0.6 is 0 Å². The average Bonchev–Trinajstić information content (AvgIpc) is 2.75. The molecule has 0 saturated heterocycles. The Morgan fingerprint density at radius 1 is 0.862 bits per heavy atom. The predicted octanol–water partition coefficient (Wildman–Crippen LogP) is 3.91. The van der Waals surface area contributed by atoms with Gasteiger partial charge in [-0.3, -0.25) is 0 Å². The summed E-state index contributed by atoms with van der Waals surface area (Å²) in [5.41, 5.74) is 1.92. The van der Waals surface area contributed by atoms with E-state index in [1.807, 2.05) is 61.5 Å². The van der Waals surface area contributed by atoms with E-state index in [1.165, 1.54) is 0 Å². The highest BCUT2D eigenvalue weighted by atomic mass is 16.5. The van der Waals surface area contributed by atoms with E-state index < -0.39 is 0 Å². The maximum absolute atomic E-state index is 5.73. The number of hydrogen-bond acceptors (Lipinski definition) is 7. The average molecular weight is 394 g/mol. The zero-order valence-electron chi connectivity index (χ0n) is 16.9. The molecule has 0 atom stereocenters. The minimum absolute atomic E-state index is 0.513. The Balaban J connectivity index is 1.51. The van der Waals surface area contributed by atoms with Gasteiger partial charge in [0.25, 0.3) is 0 Å². The molecule has 2 N–H and O–H groups in total. The summed E-state index contributed by atoms with van der Waals surface area (Å²) in [5, 5.41) is 6.53. The first-order chi connectivity index (χ1) is 14.2. The van der Waals surface area contributed by atoms with Crippen molar-refractivity contribution in [2.45, 2.75) is 13.5 Å². The number of nitrogens with zero attached hydrogens (tertiary/aromatic N) is 2. The fraction of sp³-hybridized carbons (Fsp3) is 0.273. The zero-order valence-corrected chi connectivity index (χ0v) is 16.9. The lowest BCUT2D eigenvalue weighted by Crippen LogP contribution is -2.14. The SMILES string of the molecule is COc1ccc(OCCNc2cc(C)nc(NCc3ccccc3OC)n2)cc1. The number of anilines is 2. The molecule has 0 radical (unpaired) electrons. The number of aryl methyl sites for hydroxylation is 1. The van der Waals surface area contributed by atoms with Crippen LogP contribution in [0.4, 0.5) is 11.8 Å². The maximum Gasteiger partial charge on any atom is 0.225 e. The van der Waals surface area contributed by atoms with Gasteiger partial charge >= 0.3 is 0 Å². The number of nitrogens with one attached hydrogen (secondary N) is 2. The molecular formula is C22H26N4O3. The molecule has 1 heterocycles. The molecule has 0 amide bonds. The van der Waals surface area contributed by atoms with E-state index in [4.69, 9.17) is 14.2 Å². The third kappa shape index (κ3) is 6.00. The molecule has 0 aliphatic heterocycles. The predicted molar refractivity (Wildman–Crippen MR) is 114 cm³/mol. The van der Waals surface area contributed by atoms with Crippen molar-refractivity contribution in [3.05, 3.63) is 65.9 Å². The molecule has 0 aliphatic rings. The number of ether oxygens (including phenoxy) is 3. The number of aromatic nitrogens is 2. The molecule has 1 aromatic heterocycles. The molecule has 0 saturated carbocycles. The molecule has 0 aliphatic carbocycles. The highest BCUT2D eigenvalue weighted by molar-refractivity contribution is 5.43. The van der Waals surface area contributed by atoms with Crippen LogP contribution in [0.15, 0.2) is 54.6 Å². The molecule has 0 spiro atoms. The van der Waals surface area contributed by atoms with Gasteiger partial charge in [-0.25, -0.2) is 4.98 Å². The normalized spacial score (nSPS) is 10.3. The monoisotopic (exact) mass is 394 g/mol. The number of benzene rings is 2. The topological polar surface area (TPSA) is 77.5 Å². The van der Waals surface area contributed by atoms with Crippen LogP contribution in [0.2, 0.25) is 0 Å². The molecule has 7 heteroatoms. The second-order valence-corrected chi connectivity index (χ2v) is 6.33. The highest BCUT2D eigenvalue weighted by Gasteiger charge is 2.05. The van der Waals surface area contributed by atoms with Gasteiger partial charge in [-0.2, -0.15) is 4.98 Å². The maximum atomic E-state index is 5.73. The standard InChI is InChI=1S/C22H26N4O3/c1-16-14-21(23-12-13-29-19-10-8-18(27-2)9-11-19)26-22(25-16)24-15-17-6-4-5-7-20(17)28-3/h4-11,14H,12-13,15H2,1-3H3,(H2,23,24,25,26). The van der Waals surface area contributed by atoms with Crippen LogP contribution in [-0.2, 0) is 6.54 Å². The van der Waals surface area contributed by atoms with E-state index in [1.54, 1.807) is 14.2 Å². The summed E-state index contributed by atoms with van der Waals surface area (Å²) in [5.74, 6) is 3.75. The quantitative estimate of drug-likeness (QED) is 0.505. The molecule has 152 valence electrons. The molecule has 29 heavy (non-hydrogen) atoms. The van der Waals surface area contributed by atoms with Crippen molar-refractivity contribution in [3.8, 4) is 17.2 Å². The number of rotatable bonds is 10. The van der Waals surface area contributed by atoms with Gasteiger partial charge < -0.3 is 24.8 Å². The van der Waals surface area contributed by atoms with Gasteiger partial charge in [-0.05, 0) is 37.3 Å². The van der Waals surface area contributed by atoms with Crippen LogP contribution in [0, 0.1) is 6.92 Å². The van der Waals surface area contributed by atoms with Gasteiger partial charge in [-0.1, -0.05) is 18.2 Å². The Bertz CT molecular complexity index is 916. The summed E-state index contributed by atoms with van der Waals surface area (Å²) in [4.78, 5) is 8.98. The Labute approximate surface area is 171 Å². The first-order valence-corrected chi connectivity index (χ1v) is 9.40. The largest absolute Gasteiger partial charge is 0.497 e. The van der Waals surface area contributed by atoms with Crippen molar-refractivity contribution in [1.29, 1.82) is 0 Å². The van der Waals surface area contributed by atoms with Crippen molar-refractivity contribution >= 4 is 11.8 Å². The van der Waals surface area contributed by atoms with Crippen molar-refractivity contribution in [2.24, 2.45) is 0 Å². The van der Waals surface area contributed by atoms with Crippen LogP contribution < -0.4 is 24.8 Å². The number of hydrogen-bond donors (Lipinski definition) is 2. The van der Waals surface area contributed by atoms with E-state index in [0.29, 0.717) is 25.6 Å². The lowest BCUT2D eigenvalue weighted by Gasteiger charge is -2.12. The van der Waals surface area contributed by atoms with Gasteiger partial charge in [0.1, 0.15) is 29.7 Å². The Kier molecular flexibility index (Phi) is 7.10. The first kappa shape index (κ1) is 20.3. The van der Waals surface area contributed by atoms with E-state index in [0.717, 1.165) is 34.3 Å². The lowest BCUT2D eigenvalue weighted by atomic mass is 10.2. The van der Waals surface area contributed by atoms with Crippen LogP contribution in [-0.4, -0.2) is 37.3 Å². The molecule has 3 aromatic rings. The van der Waals surface area contributed by atoms with Crippen LogP contribution in [0.5, 0.6) is 17.2 Å². The number of methoxy groups -OCH3 is 2. The van der Waals surface area contributed by atoms with Gasteiger partial charge in [0, 0.05) is 23.9 Å². The minimum atomic E-state index is 0.513. The van der Waals surface area contributed by atoms with Crippen LogP contribution in [0.25, 0.3) is 0 Å². The van der Waals surface area contributed by atoms with Crippen LogP contribution in [0.1, 0.15) is 11.3 Å². The van der Waals surface area contributed by atoms with E-state index >= 15 is 0 Å². The fourth-order valence-electron chi connectivity index (χ4n) is 2.78. The van der Waals surface area contributed by atoms with Gasteiger partial charge in [-0.15, -0.1) is 0 Å². The summed E-state index contributed by atoms with van der Waals surface area (Å²) in [7, 11) is 3.31.